The molecule has 0 saturated carbocycles. The largest absolute Gasteiger partial charge is 0.344 e. The number of nitrogens with zero attached hydrogens (tertiary/aromatic N) is 3. The molecule has 0 aliphatic carbocycles. The smallest absolute Gasteiger partial charge is 0.186 e. The molecule has 1 aliphatic rings. The lowest BCUT2D eigenvalue weighted by atomic mass is 12.9. The molecule has 2 unspecified atom stereocenters. The third-order valence-electron chi connectivity index (χ3n) is 1.19. The van der Waals surface area contributed by atoms with Gasteiger partial charge in [-0.15, -0.1) is 83.5 Å². The minimum absolute atomic E-state index is 0. The molecule has 2 atom stereocenters. The van der Waals surface area contributed by atoms with Gasteiger partial charge >= 0.3 is 0 Å². The highest BCUT2D eigenvalue weighted by molar-refractivity contribution is 7.81. The molecule has 0 aromatic rings. The van der Waals surface area contributed by atoms with E-state index in [0.29, 0.717) is 0 Å². The van der Waals surface area contributed by atoms with E-state index >= 15 is 0 Å². The molecule has 1 rings (SSSR count). The number of hydrogen-bond donors (Lipinski definition) is 12. The molecule has 0 radical (unpaired) electrons. The zero-order valence-corrected chi connectivity index (χ0v) is 20.4. The molecule has 1 aliphatic heterocycles. The third kappa shape index (κ3) is 20.6. The monoisotopic (exact) mass is 549 g/mol. The van der Waals surface area contributed by atoms with E-state index in [9.17, 15) is 0 Å². The van der Waals surface area contributed by atoms with Gasteiger partial charge in [-0.2, -0.15) is 0 Å². The first kappa shape index (κ1) is 82.4. The molecular formula is H36Cl6N15P3. The van der Waals surface area contributed by atoms with Crippen LogP contribution in [0.1, 0.15) is 0 Å². The van der Waals surface area contributed by atoms with Gasteiger partial charge in [-0.3, -0.25) is 33.7 Å². The lowest BCUT2D eigenvalue weighted by molar-refractivity contribution is 0.646. The second-order valence-electron chi connectivity index (χ2n) is 2.07. The summed E-state index contributed by atoms with van der Waals surface area (Å²) in [6.45, 7) is 0. The second kappa shape index (κ2) is 32.9. The summed E-state index contributed by atoms with van der Waals surface area (Å²) in [7, 11) is -5.45. The summed E-state index contributed by atoms with van der Waals surface area (Å²) in [4.78, 5) is 0. The van der Waals surface area contributed by atoms with E-state index in [1.165, 1.54) is 4.55 Å². The summed E-state index contributed by atoms with van der Waals surface area (Å²) in [5.41, 5.74) is 22.3. The van der Waals surface area contributed by atoms with Gasteiger partial charge in [0, 0.05) is 0 Å². The van der Waals surface area contributed by atoms with Crippen molar-refractivity contribution < 1.29 is 0 Å². The van der Waals surface area contributed by atoms with Crippen LogP contribution in [-0.2, 0) is 0 Å². The van der Waals surface area contributed by atoms with E-state index < -0.39 is 24.3 Å². The number of hydrogen-bond acceptors (Lipinski definition) is 15. The molecule has 0 saturated heterocycles. The van der Waals surface area contributed by atoms with Gasteiger partial charge in [0.1, 0.15) is 0 Å². The molecule has 0 fully saturated rings. The highest BCUT2D eigenvalue weighted by atomic mass is 35.5. The Morgan fingerprint density at radius 2 is 0.917 bits per heavy atom. The average Bonchev–Trinajstić information content (AvgIpc) is 1.97. The standard InChI is InChI=1S/6ClH.H12N9P3.6H3N/c;;;;;;1-8-10(3)7-12(5,6)9(2)11(8)4;;;;;;/h6*1H;1-6H2;6*1H3. The van der Waals surface area contributed by atoms with Crippen LogP contribution in [0.5, 0.6) is 0 Å². The van der Waals surface area contributed by atoms with Crippen LogP contribution in [0.4, 0.5) is 0 Å². The van der Waals surface area contributed by atoms with Gasteiger partial charge in [0.15, 0.2) is 24.3 Å². The Kier molecular flexibility index (Phi) is 113. The highest BCUT2D eigenvalue weighted by Gasteiger charge is 2.35. The van der Waals surface area contributed by atoms with Crippen LogP contribution in [0.2, 0.25) is 0 Å². The summed E-state index contributed by atoms with van der Waals surface area (Å²) in [6, 6.07) is 0. The van der Waals surface area contributed by atoms with Crippen molar-refractivity contribution >= 4 is 98.7 Å². The second-order valence-corrected chi connectivity index (χ2v) is 7.82. The van der Waals surface area contributed by atoms with Crippen molar-refractivity contribution in [2.45, 2.75) is 0 Å². The van der Waals surface area contributed by atoms with Crippen LogP contribution < -0.4 is 70.6 Å². The Balaban J connectivity index is -0.0000000120. The first-order chi connectivity index (χ1) is 5.36. The molecule has 0 aromatic heterocycles. The van der Waals surface area contributed by atoms with Crippen LogP contribution >= 0.6 is 98.7 Å². The fourth-order valence-corrected chi connectivity index (χ4v) is 5.86. The average molecular weight is 552 g/mol. The first-order valence-corrected chi connectivity index (χ1v) is 7.21. The van der Waals surface area contributed by atoms with Gasteiger partial charge in [0.25, 0.3) is 0 Å². The Morgan fingerprint density at radius 3 is 1.17 bits per heavy atom. The van der Waals surface area contributed by atoms with Crippen molar-refractivity contribution in [1.29, 1.82) is 0 Å². The summed E-state index contributed by atoms with van der Waals surface area (Å²) >= 11 is 0. The zero-order valence-electron chi connectivity index (χ0n) is 12.8. The van der Waals surface area contributed by atoms with Gasteiger partial charge < -0.3 is 36.9 Å². The molecule has 24 heteroatoms. The predicted molar refractivity (Wildman–Crippen MR) is 126 cm³/mol. The summed E-state index contributed by atoms with van der Waals surface area (Å²) in [5, 5.41) is 0. The van der Waals surface area contributed by atoms with E-state index in [4.69, 9.17) is 33.7 Å². The molecule has 24 heavy (non-hydrogen) atoms. The van der Waals surface area contributed by atoms with Gasteiger partial charge in [-0.1, -0.05) is 0 Å². The lowest BCUT2D eigenvalue weighted by Gasteiger charge is -2.40. The minimum atomic E-state index is -2.66. The van der Waals surface area contributed by atoms with Gasteiger partial charge in [-0.05, 0) is 0 Å². The normalized spacial score (nSPS) is 18.9. The first-order valence-electron chi connectivity index (χ1n) is 2.75. The van der Waals surface area contributed by atoms with E-state index in [1.807, 2.05) is 0 Å². The molecule has 0 amide bonds. The Bertz CT molecular complexity index is 237. The fourth-order valence-electron chi connectivity index (χ4n) is 0.563. The van der Waals surface area contributed by atoms with Crippen molar-refractivity contribution in [3.05, 3.63) is 0 Å². The SMILES string of the molecule is Cl.Cl.Cl.Cl.Cl.Cl.N.N.N.N.N.N.NN1P(N)N=P(N)(N)N(N)P1N. The highest BCUT2D eigenvalue weighted by Crippen LogP contribution is 2.63. The topological polar surface area (TPSA) is 385 Å². The Labute approximate surface area is 182 Å². The molecule has 0 aromatic carbocycles. The van der Waals surface area contributed by atoms with Crippen molar-refractivity contribution in [1.82, 2.24) is 46.0 Å². The van der Waals surface area contributed by atoms with E-state index in [-0.39, 0.29) is 111 Å². The molecule has 0 spiro atoms. The molecule has 30 N–H and O–H groups in total. The van der Waals surface area contributed by atoms with Crippen LogP contribution in [0.3, 0.4) is 0 Å². The maximum Gasteiger partial charge on any atom is 0.186 e. The quantitative estimate of drug-likeness (QED) is 0.151. The predicted octanol–water partition coefficient (Wildman–Crippen LogP) is 2.09. The molecular weight excluding hydrogens is 516 g/mol. The summed E-state index contributed by atoms with van der Waals surface area (Å²) in [6.07, 6.45) is 0. The minimum Gasteiger partial charge on any atom is -0.344 e. The number of hydrazine groups is 2. The third-order valence-corrected chi connectivity index (χ3v) is 7.50. The van der Waals surface area contributed by atoms with E-state index in [0.717, 1.165) is 4.55 Å². The van der Waals surface area contributed by atoms with Crippen molar-refractivity contribution in [3.8, 4) is 0 Å². The number of halogens is 6. The Morgan fingerprint density at radius 1 is 0.667 bits per heavy atom. The molecule has 168 valence electrons. The van der Waals surface area contributed by atoms with E-state index in [2.05, 4.69) is 4.52 Å². The van der Waals surface area contributed by atoms with Crippen LogP contribution in [0.15, 0.2) is 4.52 Å². The maximum atomic E-state index is 5.60. The molecule has 1 heterocycles. The van der Waals surface area contributed by atoms with Crippen LogP contribution in [0.25, 0.3) is 0 Å². The van der Waals surface area contributed by atoms with Crippen LogP contribution in [-0.4, -0.2) is 9.10 Å². The molecule has 0 bridgehead atoms. The maximum absolute atomic E-state index is 5.60. The zero-order chi connectivity index (χ0) is 9.52. The van der Waals surface area contributed by atoms with Crippen molar-refractivity contribution in [2.24, 2.45) is 38.2 Å². The Hall–Kier alpha value is 2.27. The molecule has 15 nitrogen and oxygen atoms in total. The van der Waals surface area contributed by atoms with Gasteiger partial charge in [0.2, 0.25) is 0 Å². The summed E-state index contributed by atoms with van der Waals surface area (Å²) in [5.74, 6) is 11.0. The van der Waals surface area contributed by atoms with Gasteiger partial charge in [0.05, 0.1) is 0 Å². The fraction of sp³-hybridized carbons (Fsp3) is 0. The van der Waals surface area contributed by atoms with Crippen molar-refractivity contribution in [3.63, 3.8) is 0 Å². The summed E-state index contributed by atoms with van der Waals surface area (Å²) < 4.78 is 6.18. The van der Waals surface area contributed by atoms with Crippen LogP contribution in [0, 0.1) is 0 Å². The van der Waals surface area contributed by atoms with Crippen molar-refractivity contribution in [2.75, 3.05) is 0 Å². The number of nitrogens with two attached hydrogens (primary N) is 6. The van der Waals surface area contributed by atoms with E-state index in [1.54, 1.807) is 0 Å². The van der Waals surface area contributed by atoms with Gasteiger partial charge in [-0.25, -0.2) is 4.52 Å². The number of rotatable bonds is 0. The lowest BCUT2D eigenvalue weighted by Crippen LogP contribution is -2.42.